The van der Waals surface area contributed by atoms with Crippen LogP contribution in [0.15, 0.2) is 35.7 Å². The Bertz CT molecular complexity index is 1180. The van der Waals surface area contributed by atoms with Crippen molar-refractivity contribution in [3.05, 3.63) is 63.9 Å². The van der Waals surface area contributed by atoms with Gasteiger partial charge in [-0.1, -0.05) is 37.6 Å². The molecule has 1 N–H and O–H groups in total. The third-order valence-corrected chi connectivity index (χ3v) is 5.61. The lowest BCUT2D eigenvalue weighted by molar-refractivity contribution is 0.444. The number of thiophene rings is 1. The van der Waals surface area contributed by atoms with Gasteiger partial charge >= 0.3 is 0 Å². The van der Waals surface area contributed by atoms with E-state index in [2.05, 4.69) is 28.1 Å². The highest BCUT2D eigenvalue weighted by molar-refractivity contribution is 7.13. The van der Waals surface area contributed by atoms with Crippen LogP contribution >= 0.6 is 11.3 Å². The van der Waals surface area contributed by atoms with Gasteiger partial charge in [0.05, 0.1) is 16.1 Å². The van der Waals surface area contributed by atoms with E-state index in [-0.39, 0.29) is 5.88 Å². The van der Waals surface area contributed by atoms with Crippen LogP contribution < -0.4 is 0 Å². The molecule has 140 valence electrons. The Morgan fingerprint density at radius 1 is 1.18 bits per heavy atom. The van der Waals surface area contributed by atoms with E-state index in [1.165, 1.54) is 0 Å². The summed E-state index contributed by atoms with van der Waals surface area (Å²) in [5, 5.41) is 26.1. The highest BCUT2D eigenvalue weighted by atomic mass is 32.1. The molecular formula is C21H19N5OS. The summed E-state index contributed by atoms with van der Waals surface area (Å²) in [6.45, 7) is 3.92. The van der Waals surface area contributed by atoms with E-state index in [1.807, 2.05) is 42.6 Å². The zero-order chi connectivity index (χ0) is 19.7. The SMILES string of the molecule is CCCc1c(Cc2ccc(-c3sccc3C#N)cc2)c(O)nc2nc(C)nn12. The maximum absolute atomic E-state index is 10.5. The van der Waals surface area contributed by atoms with Gasteiger partial charge in [-0.05, 0) is 35.9 Å². The summed E-state index contributed by atoms with van der Waals surface area (Å²) in [4.78, 5) is 9.48. The zero-order valence-electron chi connectivity index (χ0n) is 15.7. The quantitative estimate of drug-likeness (QED) is 0.550. The van der Waals surface area contributed by atoms with E-state index in [0.717, 1.165) is 40.1 Å². The number of rotatable bonds is 5. The average molecular weight is 389 g/mol. The van der Waals surface area contributed by atoms with E-state index in [0.29, 0.717) is 23.6 Å². The van der Waals surface area contributed by atoms with Crippen LogP contribution in [0.25, 0.3) is 16.2 Å². The van der Waals surface area contributed by atoms with Gasteiger partial charge in [-0.25, -0.2) is 4.52 Å². The predicted molar refractivity (Wildman–Crippen MR) is 108 cm³/mol. The minimum atomic E-state index is 0.0115. The van der Waals surface area contributed by atoms with Gasteiger partial charge in [0, 0.05) is 12.0 Å². The molecule has 0 atom stereocenters. The second-order valence-electron chi connectivity index (χ2n) is 6.63. The molecule has 1 aromatic carbocycles. The molecule has 0 aliphatic carbocycles. The maximum atomic E-state index is 10.5. The van der Waals surface area contributed by atoms with Crippen LogP contribution in [0.2, 0.25) is 0 Å². The normalized spacial score (nSPS) is 11.0. The van der Waals surface area contributed by atoms with E-state index in [1.54, 1.807) is 15.9 Å². The molecule has 0 amide bonds. The van der Waals surface area contributed by atoms with Crippen molar-refractivity contribution in [1.29, 1.82) is 5.26 Å². The fourth-order valence-corrected chi connectivity index (χ4v) is 4.20. The van der Waals surface area contributed by atoms with Crippen molar-refractivity contribution in [1.82, 2.24) is 19.6 Å². The summed E-state index contributed by atoms with van der Waals surface area (Å²) in [6.07, 6.45) is 2.26. The summed E-state index contributed by atoms with van der Waals surface area (Å²) < 4.78 is 1.74. The van der Waals surface area contributed by atoms with Crippen molar-refractivity contribution in [2.45, 2.75) is 33.1 Å². The lowest BCUT2D eigenvalue weighted by Gasteiger charge is -2.12. The molecule has 0 saturated heterocycles. The number of aromatic hydroxyl groups is 1. The number of hydrogen-bond donors (Lipinski definition) is 1. The first-order valence-electron chi connectivity index (χ1n) is 9.11. The fourth-order valence-electron chi connectivity index (χ4n) is 3.35. The molecule has 0 aliphatic heterocycles. The second kappa shape index (κ2) is 7.41. The molecule has 4 rings (SSSR count). The average Bonchev–Trinajstić information content (AvgIpc) is 3.31. The fraction of sp³-hybridized carbons (Fsp3) is 0.238. The molecule has 0 saturated carbocycles. The van der Waals surface area contributed by atoms with Crippen LogP contribution in [0, 0.1) is 18.3 Å². The molecule has 0 unspecified atom stereocenters. The molecule has 0 bridgehead atoms. The summed E-state index contributed by atoms with van der Waals surface area (Å²) in [6, 6.07) is 12.2. The molecule has 3 heterocycles. The number of aryl methyl sites for hydroxylation is 2. The molecule has 0 radical (unpaired) electrons. The lowest BCUT2D eigenvalue weighted by atomic mass is 10.0. The maximum Gasteiger partial charge on any atom is 0.255 e. The van der Waals surface area contributed by atoms with Crippen LogP contribution in [0.4, 0.5) is 0 Å². The third kappa shape index (κ3) is 3.23. The van der Waals surface area contributed by atoms with E-state index in [4.69, 9.17) is 0 Å². The standard InChI is InChI=1S/C21H19N5OS/c1-3-4-18-17(20(27)24-21-23-13(2)25-26(18)21)11-14-5-7-15(8-6-14)19-16(12-22)9-10-28-19/h5-10H,3-4,11H2,1-2H3,(H,23,24,25,27). The van der Waals surface area contributed by atoms with Gasteiger partial charge in [0.25, 0.3) is 5.78 Å². The van der Waals surface area contributed by atoms with Crippen LogP contribution in [-0.2, 0) is 12.8 Å². The smallest absolute Gasteiger partial charge is 0.255 e. The minimum Gasteiger partial charge on any atom is -0.493 e. The van der Waals surface area contributed by atoms with Gasteiger partial charge in [0.2, 0.25) is 5.88 Å². The second-order valence-corrected chi connectivity index (χ2v) is 7.55. The molecule has 4 aromatic rings. The molecule has 7 heteroatoms. The van der Waals surface area contributed by atoms with Crippen molar-refractivity contribution in [3.8, 4) is 22.4 Å². The number of nitriles is 1. The van der Waals surface area contributed by atoms with Crippen molar-refractivity contribution in [2.75, 3.05) is 0 Å². The van der Waals surface area contributed by atoms with Gasteiger partial charge in [-0.3, -0.25) is 0 Å². The lowest BCUT2D eigenvalue weighted by Crippen LogP contribution is -2.07. The summed E-state index contributed by atoms with van der Waals surface area (Å²) in [5.74, 6) is 1.08. The predicted octanol–water partition coefficient (Wildman–Crippen LogP) is 4.28. The molecule has 0 fully saturated rings. The molecule has 6 nitrogen and oxygen atoms in total. The molecular weight excluding hydrogens is 370 g/mol. The first-order chi connectivity index (χ1) is 13.6. The minimum absolute atomic E-state index is 0.0115. The van der Waals surface area contributed by atoms with Gasteiger partial charge in [-0.2, -0.15) is 20.3 Å². The number of nitrogens with zero attached hydrogens (tertiary/aromatic N) is 5. The summed E-state index contributed by atoms with van der Waals surface area (Å²) >= 11 is 1.56. The highest BCUT2D eigenvalue weighted by Crippen LogP contribution is 2.30. The summed E-state index contributed by atoms with van der Waals surface area (Å²) in [7, 11) is 0. The highest BCUT2D eigenvalue weighted by Gasteiger charge is 2.17. The number of hydrogen-bond acceptors (Lipinski definition) is 6. The van der Waals surface area contributed by atoms with Crippen LogP contribution in [0.3, 0.4) is 0 Å². The number of benzene rings is 1. The third-order valence-electron chi connectivity index (χ3n) is 4.65. The number of aromatic nitrogens is 4. The van der Waals surface area contributed by atoms with E-state index >= 15 is 0 Å². The Hall–Kier alpha value is -3.24. The summed E-state index contributed by atoms with van der Waals surface area (Å²) in [5.41, 5.74) is 4.50. The Morgan fingerprint density at radius 2 is 1.96 bits per heavy atom. The van der Waals surface area contributed by atoms with Gasteiger partial charge < -0.3 is 5.11 Å². The van der Waals surface area contributed by atoms with E-state index < -0.39 is 0 Å². The molecule has 0 aliphatic rings. The zero-order valence-corrected chi connectivity index (χ0v) is 16.5. The largest absolute Gasteiger partial charge is 0.493 e. The molecule has 0 spiro atoms. The van der Waals surface area contributed by atoms with Crippen LogP contribution in [-0.4, -0.2) is 24.7 Å². The number of fused-ring (bicyclic) bond motifs is 1. The van der Waals surface area contributed by atoms with Crippen molar-refractivity contribution < 1.29 is 5.11 Å². The topological polar surface area (TPSA) is 87.1 Å². The van der Waals surface area contributed by atoms with Crippen LogP contribution in [0.1, 0.15) is 41.6 Å². The van der Waals surface area contributed by atoms with Crippen LogP contribution in [0.5, 0.6) is 5.88 Å². The van der Waals surface area contributed by atoms with Gasteiger partial charge in [-0.15, -0.1) is 11.3 Å². The van der Waals surface area contributed by atoms with Crippen molar-refractivity contribution in [3.63, 3.8) is 0 Å². The van der Waals surface area contributed by atoms with Crippen molar-refractivity contribution >= 4 is 17.1 Å². The van der Waals surface area contributed by atoms with Gasteiger partial charge in [0.15, 0.2) is 0 Å². The first-order valence-corrected chi connectivity index (χ1v) is 9.99. The molecule has 28 heavy (non-hydrogen) atoms. The Balaban J connectivity index is 1.71. The Labute approximate surface area is 166 Å². The van der Waals surface area contributed by atoms with Crippen molar-refractivity contribution in [2.24, 2.45) is 0 Å². The molecule has 3 aromatic heterocycles. The van der Waals surface area contributed by atoms with Gasteiger partial charge in [0.1, 0.15) is 11.9 Å². The Morgan fingerprint density at radius 3 is 2.68 bits per heavy atom. The Kier molecular flexibility index (Phi) is 4.80. The monoisotopic (exact) mass is 389 g/mol. The first kappa shape index (κ1) is 18.1. The van der Waals surface area contributed by atoms with E-state index in [9.17, 15) is 10.4 Å².